The van der Waals surface area contributed by atoms with Crippen molar-refractivity contribution in [2.24, 2.45) is 0 Å². The van der Waals surface area contributed by atoms with Crippen molar-refractivity contribution in [2.45, 2.75) is 30.8 Å². The van der Waals surface area contributed by atoms with Crippen molar-refractivity contribution >= 4 is 21.4 Å². The molecule has 1 aromatic heterocycles. The summed E-state index contributed by atoms with van der Waals surface area (Å²) in [4.78, 5) is 4.94. The van der Waals surface area contributed by atoms with E-state index in [9.17, 15) is 8.42 Å². The Morgan fingerprint density at radius 1 is 1.03 bits per heavy atom. The van der Waals surface area contributed by atoms with Crippen LogP contribution in [0.15, 0.2) is 58.8 Å². The van der Waals surface area contributed by atoms with E-state index >= 15 is 0 Å². The van der Waals surface area contributed by atoms with Crippen molar-refractivity contribution < 1.29 is 17.9 Å². The van der Waals surface area contributed by atoms with Gasteiger partial charge in [-0.05, 0) is 49.2 Å². The molecule has 1 saturated heterocycles. The molecule has 1 fully saturated rings. The van der Waals surface area contributed by atoms with E-state index < -0.39 is 10.0 Å². The average molecular weight is 445 g/mol. The van der Waals surface area contributed by atoms with Crippen LogP contribution in [0.1, 0.15) is 25.0 Å². The average Bonchev–Trinajstić information content (AvgIpc) is 3.27. The Morgan fingerprint density at radius 2 is 1.77 bits per heavy atom. The number of benzene rings is 2. The van der Waals surface area contributed by atoms with E-state index in [1.54, 1.807) is 35.7 Å². The molecule has 1 aliphatic rings. The van der Waals surface area contributed by atoms with E-state index in [4.69, 9.17) is 9.47 Å². The van der Waals surface area contributed by atoms with Crippen LogP contribution in [0.4, 0.5) is 0 Å². The van der Waals surface area contributed by atoms with Crippen LogP contribution in [-0.4, -0.2) is 37.9 Å². The fourth-order valence-corrected chi connectivity index (χ4v) is 5.79. The molecule has 0 spiro atoms. The van der Waals surface area contributed by atoms with Gasteiger partial charge in [-0.1, -0.05) is 18.6 Å². The number of piperidine rings is 1. The summed E-state index contributed by atoms with van der Waals surface area (Å²) in [5, 5.41) is 2.82. The van der Waals surface area contributed by atoms with Crippen molar-refractivity contribution in [3.63, 3.8) is 0 Å². The number of hydrogen-bond acceptors (Lipinski definition) is 6. The zero-order chi connectivity index (χ0) is 21.0. The van der Waals surface area contributed by atoms with Crippen LogP contribution in [0.3, 0.4) is 0 Å². The molecule has 30 heavy (non-hydrogen) atoms. The molecule has 0 saturated carbocycles. The number of thiazole rings is 1. The van der Waals surface area contributed by atoms with E-state index in [0.717, 1.165) is 41.3 Å². The van der Waals surface area contributed by atoms with Crippen LogP contribution >= 0.6 is 11.3 Å². The van der Waals surface area contributed by atoms with Crippen molar-refractivity contribution in [1.29, 1.82) is 0 Å². The number of para-hydroxylation sites is 1. The summed E-state index contributed by atoms with van der Waals surface area (Å²) in [7, 11) is -1.78. The highest BCUT2D eigenvalue weighted by Gasteiger charge is 2.25. The molecule has 0 atom stereocenters. The maximum atomic E-state index is 12.7. The van der Waals surface area contributed by atoms with Crippen molar-refractivity contribution in [1.82, 2.24) is 9.29 Å². The number of nitrogens with zero attached hydrogens (tertiary/aromatic N) is 2. The van der Waals surface area contributed by atoms with Gasteiger partial charge in [0, 0.05) is 18.5 Å². The standard InChI is InChI=1S/C22H24N2O4S2/c1-27-21-8-4-3-7-20(21)22-23-17(16-29-22)15-28-18-9-11-19(12-10-18)30(25,26)24-13-5-2-6-14-24/h3-4,7-12,16H,2,5-6,13-15H2,1H3. The van der Waals surface area contributed by atoms with Crippen LogP contribution in [0, 0.1) is 0 Å². The summed E-state index contributed by atoms with van der Waals surface area (Å²) in [6.45, 7) is 1.50. The first-order chi connectivity index (χ1) is 14.6. The lowest BCUT2D eigenvalue weighted by molar-refractivity contribution is 0.302. The van der Waals surface area contributed by atoms with E-state index in [-0.39, 0.29) is 0 Å². The minimum Gasteiger partial charge on any atom is -0.496 e. The van der Waals surface area contributed by atoms with Gasteiger partial charge in [0.2, 0.25) is 10.0 Å². The summed E-state index contributed by atoms with van der Waals surface area (Å²) in [6, 6.07) is 14.4. The first kappa shape index (κ1) is 20.8. The lowest BCUT2D eigenvalue weighted by Crippen LogP contribution is -2.35. The van der Waals surface area contributed by atoms with Gasteiger partial charge in [-0.25, -0.2) is 13.4 Å². The molecule has 0 amide bonds. The minimum absolute atomic E-state index is 0.309. The third-order valence-electron chi connectivity index (χ3n) is 5.05. The zero-order valence-corrected chi connectivity index (χ0v) is 18.4. The third-order valence-corrected chi connectivity index (χ3v) is 7.89. The van der Waals surface area contributed by atoms with Gasteiger partial charge in [-0.15, -0.1) is 11.3 Å². The van der Waals surface area contributed by atoms with Crippen molar-refractivity contribution in [3.8, 4) is 22.1 Å². The van der Waals surface area contributed by atoms with Gasteiger partial charge in [-0.2, -0.15) is 4.31 Å². The molecule has 0 unspecified atom stereocenters. The first-order valence-electron chi connectivity index (χ1n) is 9.89. The quantitative estimate of drug-likeness (QED) is 0.534. The Balaban J connectivity index is 1.41. The molecule has 3 aromatic rings. The smallest absolute Gasteiger partial charge is 0.243 e. The Kier molecular flexibility index (Phi) is 6.36. The number of sulfonamides is 1. The predicted octanol–water partition coefficient (Wildman–Crippen LogP) is 4.57. The SMILES string of the molecule is COc1ccccc1-c1nc(COc2ccc(S(=O)(=O)N3CCCCC3)cc2)cs1. The molecule has 0 N–H and O–H groups in total. The maximum Gasteiger partial charge on any atom is 0.243 e. The Morgan fingerprint density at radius 3 is 2.50 bits per heavy atom. The summed E-state index contributed by atoms with van der Waals surface area (Å²) in [5.74, 6) is 1.39. The second-order valence-electron chi connectivity index (χ2n) is 7.07. The van der Waals surface area contributed by atoms with Crippen molar-refractivity contribution in [2.75, 3.05) is 20.2 Å². The first-order valence-corrected chi connectivity index (χ1v) is 12.2. The predicted molar refractivity (Wildman–Crippen MR) is 117 cm³/mol. The van der Waals surface area contributed by atoms with Gasteiger partial charge < -0.3 is 9.47 Å². The molecule has 4 rings (SSSR count). The van der Waals surface area contributed by atoms with Crippen LogP contribution in [0.25, 0.3) is 10.6 Å². The number of methoxy groups -OCH3 is 1. The third kappa shape index (κ3) is 4.50. The Bertz CT molecular complexity index is 1090. The lowest BCUT2D eigenvalue weighted by atomic mass is 10.2. The normalized spacial score (nSPS) is 15.1. The van der Waals surface area contributed by atoms with Crippen LogP contribution in [-0.2, 0) is 16.6 Å². The van der Waals surface area contributed by atoms with E-state index in [1.165, 1.54) is 11.3 Å². The lowest BCUT2D eigenvalue weighted by Gasteiger charge is -2.25. The zero-order valence-electron chi connectivity index (χ0n) is 16.8. The number of ether oxygens (including phenoxy) is 2. The van der Waals surface area contributed by atoms with Crippen LogP contribution < -0.4 is 9.47 Å². The van der Waals surface area contributed by atoms with Gasteiger partial charge in [0.05, 0.1) is 23.3 Å². The summed E-state index contributed by atoms with van der Waals surface area (Å²) in [6.07, 6.45) is 2.93. The Hall–Kier alpha value is -2.42. The summed E-state index contributed by atoms with van der Waals surface area (Å²) < 4.78 is 38.3. The van der Waals surface area contributed by atoms with Crippen molar-refractivity contribution in [3.05, 3.63) is 59.6 Å². The van der Waals surface area contributed by atoms with Crippen LogP contribution in [0.2, 0.25) is 0 Å². The molecular weight excluding hydrogens is 420 g/mol. The monoisotopic (exact) mass is 444 g/mol. The van der Waals surface area contributed by atoms with Gasteiger partial charge in [-0.3, -0.25) is 0 Å². The van der Waals surface area contributed by atoms with Gasteiger partial charge in [0.25, 0.3) is 0 Å². The molecule has 0 bridgehead atoms. The highest BCUT2D eigenvalue weighted by molar-refractivity contribution is 7.89. The number of aromatic nitrogens is 1. The second kappa shape index (κ2) is 9.16. The molecule has 6 nitrogen and oxygen atoms in total. The van der Waals surface area contributed by atoms with Crippen LogP contribution in [0.5, 0.6) is 11.5 Å². The summed E-state index contributed by atoms with van der Waals surface area (Å²) in [5.41, 5.74) is 1.76. The van der Waals surface area contributed by atoms with E-state index in [0.29, 0.717) is 30.3 Å². The molecule has 2 aromatic carbocycles. The second-order valence-corrected chi connectivity index (χ2v) is 9.87. The highest BCUT2D eigenvalue weighted by Crippen LogP contribution is 2.32. The molecule has 2 heterocycles. The largest absolute Gasteiger partial charge is 0.496 e. The van der Waals surface area contributed by atoms with Gasteiger partial charge in [0.1, 0.15) is 23.1 Å². The summed E-state index contributed by atoms with van der Waals surface area (Å²) >= 11 is 1.53. The maximum absolute atomic E-state index is 12.7. The topological polar surface area (TPSA) is 68.7 Å². The number of hydrogen-bond donors (Lipinski definition) is 0. The molecule has 158 valence electrons. The molecule has 0 radical (unpaired) electrons. The number of rotatable bonds is 7. The highest BCUT2D eigenvalue weighted by atomic mass is 32.2. The molecule has 8 heteroatoms. The van der Waals surface area contributed by atoms with Gasteiger partial charge in [0.15, 0.2) is 0 Å². The molecule has 0 aliphatic carbocycles. The Labute approximate surface area is 181 Å². The molecular formula is C22H24N2O4S2. The minimum atomic E-state index is -3.42. The fourth-order valence-electron chi connectivity index (χ4n) is 3.44. The fraction of sp³-hybridized carbons (Fsp3) is 0.318. The van der Waals surface area contributed by atoms with E-state index in [2.05, 4.69) is 4.98 Å². The van der Waals surface area contributed by atoms with E-state index in [1.807, 2.05) is 29.6 Å². The molecule has 1 aliphatic heterocycles. The van der Waals surface area contributed by atoms with Gasteiger partial charge >= 0.3 is 0 Å².